The van der Waals surface area contributed by atoms with Crippen molar-refractivity contribution in [2.24, 2.45) is 5.73 Å². The number of likely N-dealkylation sites (tertiary alicyclic amines) is 1. The third-order valence-electron chi connectivity index (χ3n) is 4.85. The molecule has 1 fully saturated rings. The van der Waals surface area contributed by atoms with E-state index in [2.05, 4.69) is 4.90 Å². The molecule has 1 saturated heterocycles. The zero-order chi connectivity index (χ0) is 19.4. The second-order valence-corrected chi connectivity index (χ2v) is 6.94. The topological polar surface area (TPSA) is 117 Å². The maximum atomic E-state index is 12.3. The van der Waals surface area contributed by atoms with Crippen molar-refractivity contribution in [3.05, 3.63) is 57.6 Å². The fourth-order valence-corrected chi connectivity index (χ4v) is 3.48. The van der Waals surface area contributed by atoms with E-state index in [0.29, 0.717) is 17.9 Å². The van der Waals surface area contributed by atoms with Crippen LogP contribution in [-0.2, 0) is 11.3 Å². The molecule has 1 aliphatic rings. The molecule has 27 heavy (non-hydrogen) atoms. The number of aromatic hydroxyl groups is 2. The van der Waals surface area contributed by atoms with Crippen molar-refractivity contribution >= 4 is 5.91 Å². The lowest BCUT2D eigenvalue weighted by Gasteiger charge is -2.26. The third kappa shape index (κ3) is 4.68. The quantitative estimate of drug-likeness (QED) is 0.714. The normalized spacial score (nSPS) is 16.1. The summed E-state index contributed by atoms with van der Waals surface area (Å²) in [6.07, 6.45) is 3.28. The van der Waals surface area contributed by atoms with Crippen molar-refractivity contribution in [1.29, 1.82) is 0 Å². The molecule has 0 radical (unpaired) electrons. The third-order valence-corrected chi connectivity index (χ3v) is 4.85. The predicted molar refractivity (Wildman–Crippen MR) is 99.5 cm³/mol. The van der Waals surface area contributed by atoms with Gasteiger partial charge in [-0.1, -0.05) is 18.6 Å². The van der Waals surface area contributed by atoms with Gasteiger partial charge in [0.1, 0.15) is 11.5 Å². The number of amides is 1. The Morgan fingerprint density at radius 1 is 1.15 bits per heavy atom. The van der Waals surface area contributed by atoms with Gasteiger partial charge in [-0.25, -0.2) is 0 Å². The Balaban J connectivity index is 1.98. The number of phenolic OH excluding ortho intramolecular Hbond substituents is 1. The van der Waals surface area contributed by atoms with Crippen LogP contribution in [0.1, 0.15) is 48.7 Å². The number of nitrogens with zero attached hydrogens (tertiary/aromatic N) is 1. The molecule has 1 aliphatic heterocycles. The van der Waals surface area contributed by atoms with Crippen molar-refractivity contribution in [2.75, 3.05) is 13.1 Å². The van der Waals surface area contributed by atoms with E-state index in [0.717, 1.165) is 25.9 Å². The average Bonchev–Trinajstić information content (AvgIpc) is 2.64. The van der Waals surface area contributed by atoms with Gasteiger partial charge in [0.2, 0.25) is 17.1 Å². The van der Waals surface area contributed by atoms with Crippen LogP contribution in [0, 0.1) is 0 Å². The molecule has 0 saturated carbocycles. The number of benzene rings is 1. The number of nitrogens with two attached hydrogens (primary N) is 1. The van der Waals surface area contributed by atoms with E-state index in [1.165, 1.54) is 24.6 Å². The SMILES string of the molecule is NC(=O)CC(c1ccc(O)cc1)c1oc(CN2CCCCC2)cc(=O)c1O. The monoisotopic (exact) mass is 372 g/mol. The molecular formula is C20H24N2O5. The fraction of sp³-hybridized carbons (Fsp3) is 0.400. The minimum absolute atomic E-state index is 0.0269. The highest BCUT2D eigenvalue weighted by molar-refractivity contribution is 5.75. The number of hydrogen-bond acceptors (Lipinski definition) is 6. The van der Waals surface area contributed by atoms with Gasteiger partial charge < -0.3 is 20.4 Å². The molecular weight excluding hydrogens is 348 g/mol. The van der Waals surface area contributed by atoms with Gasteiger partial charge in [0, 0.05) is 12.5 Å². The summed E-state index contributed by atoms with van der Waals surface area (Å²) in [7, 11) is 0. The molecule has 2 aromatic rings. The number of rotatable bonds is 6. The summed E-state index contributed by atoms with van der Waals surface area (Å²) < 4.78 is 5.88. The molecule has 1 aromatic carbocycles. The van der Waals surface area contributed by atoms with E-state index in [-0.39, 0.29) is 17.9 Å². The predicted octanol–water partition coefficient (Wildman–Crippen LogP) is 2.04. The molecule has 1 unspecified atom stereocenters. The number of phenols is 1. The van der Waals surface area contributed by atoms with Crippen LogP contribution in [0.5, 0.6) is 11.5 Å². The summed E-state index contributed by atoms with van der Waals surface area (Å²) in [5.41, 5.74) is 5.44. The number of piperidine rings is 1. The van der Waals surface area contributed by atoms with Gasteiger partial charge in [-0.2, -0.15) is 0 Å². The Hall–Kier alpha value is -2.80. The van der Waals surface area contributed by atoms with Gasteiger partial charge >= 0.3 is 0 Å². The Kier molecular flexibility index (Phi) is 5.81. The zero-order valence-corrected chi connectivity index (χ0v) is 15.1. The minimum Gasteiger partial charge on any atom is -0.508 e. The first-order valence-electron chi connectivity index (χ1n) is 9.09. The Bertz CT molecular complexity index is 854. The van der Waals surface area contributed by atoms with Crippen LogP contribution in [0.3, 0.4) is 0 Å². The molecule has 0 bridgehead atoms. The van der Waals surface area contributed by atoms with E-state index in [1.807, 2.05) is 0 Å². The first kappa shape index (κ1) is 19.0. The summed E-state index contributed by atoms with van der Waals surface area (Å²) in [4.78, 5) is 26.1. The lowest BCUT2D eigenvalue weighted by atomic mass is 9.92. The zero-order valence-electron chi connectivity index (χ0n) is 15.1. The molecule has 0 spiro atoms. The van der Waals surface area contributed by atoms with Gasteiger partial charge in [-0.15, -0.1) is 0 Å². The van der Waals surface area contributed by atoms with Crippen molar-refractivity contribution in [3.63, 3.8) is 0 Å². The lowest BCUT2D eigenvalue weighted by Crippen LogP contribution is -2.29. The van der Waals surface area contributed by atoms with Crippen LogP contribution in [0.2, 0.25) is 0 Å². The Morgan fingerprint density at radius 2 is 1.81 bits per heavy atom. The Morgan fingerprint density at radius 3 is 2.44 bits per heavy atom. The number of primary amides is 1. The molecule has 1 aromatic heterocycles. The highest BCUT2D eigenvalue weighted by Crippen LogP contribution is 2.33. The molecule has 0 aliphatic carbocycles. The van der Waals surface area contributed by atoms with Crippen molar-refractivity contribution < 1.29 is 19.4 Å². The summed E-state index contributed by atoms with van der Waals surface area (Å²) in [6.45, 7) is 2.34. The minimum atomic E-state index is -0.711. The number of carbonyl (C=O) groups is 1. The second-order valence-electron chi connectivity index (χ2n) is 6.94. The lowest BCUT2D eigenvalue weighted by molar-refractivity contribution is -0.118. The number of carbonyl (C=O) groups excluding carboxylic acids is 1. The molecule has 7 nitrogen and oxygen atoms in total. The van der Waals surface area contributed by atoms with E-state index < -0.39 is 23.0 Å². The fourth-order valence-electron chi connectivity index (χ4n) is 3.48. The second kappa shape index (κ2) is 8.26. The Labute approximate surface area is 157 Å². The van der Waals surface area contributed by atoms with E-state index in [9.17, 15) is 19.8 Å². The first-order valence-corrected chi connectivity index (χ1v) is 9.09. The summed E-state index contributed by atoms with van der Waals surface area (Å²) in [5, 5.41) is 19.8. The molecule has 2 heterocycles. The van der Waals surface area contributed by atoms with Crippen LogP contribution < -0.4 is 11.2 Å². The van der Waals surface area contributed by atoms with Crippen LogP contribution in [0.4, 0.5) is 0 Å². The summed E-state index contributed by atoms with van der Waals surface area (Å²) in [5.74, 6) is -1.27. The van der Waals surface area contributed by atoms with E-state index in [4.69, 9.17) is 10.2 Å². The molecule has 1 atom stereocenters. The molecule has 144 valence electrons. The smallest absolute Gasteiger partial charge is 0.227 e. The highest BCUT2D eigenvalue weighted by Gasteiger charge is 2.26. The highest BCUT2D eigenvalue weighted by atomic mass is 16.4. The maximum Gasteiger partial charge on any atom is 0.227 e. The van der Waals surface area contributed by atoms with Crippen LogP contribution in [0.25, 0.3) is 0 Å². The molecule has 3 rings (SSSR count). The average molecular weight is 372 g/mol. The van der Waals surface area contributed by atoms with Crippen molar-refractivity contribution in [2.45, 2.75) is 38.1 Å². The van der Waals surface area contributed by atoms with Crippen molar-refractivity contribution in [1.82, 2.24) is 4.90 Å². The molecule has 4 N–H and O–H groups in total. The summed E-state index contributed by atoms with van der Waals surface area (Å²) >= 11 is 0. The summed E-state index contributed by atoms with van der Waals surface area (Å²) in [6, 6.07) is 7.46. The van der Waals surface area contributed by atoms with Gasteiger partial charge in [0.15, 0.2) is 5.76 Å². The van der Waals surface area contributed by atoms with Gasteiger partial charge in [-0.3, -0.25) is 14.5 Å². The standard InChI is InChI=1S/C20H24N2O5/c21-18(25)11-16(13-4-6-14(23)7-5-13)20-19(26)17(24)10-15(27-20)12-22-8-2-1-3-9-22/h4-7,10,16,23,26H,1-3,8-9,11-12H2,(H2,21,25). The molecule has 1 amide bonds. The van der Waals surface area contributed by atoms with Crippen molar-refractivity contribution in [3.8, 4) is 11.5 Å². The molecule has 7 heteroatoms. The van der Waals surface area contributed by atoms with Crippen LogP contribution >= 0.6 is 0 Å². The first-order chi connectivity index (χ1) is 12.9. The van der Waals surface area contributed by atoms with Crippen LogP contribution in [0.15, 0.2) is 39.5 Å². The largest absolute Gasteiger partial charge is 0.508 e. The van der Waals surface area contributed by atoms with Crippen LogP contribution in [-0.4, -0.2) is 34.1 Å². The van der Waals surface area contributed by atoms with Gasteiger partial charge in [0.25, 0.3) is 0 Å². The maximum absolute atomic E-state index is 12.3. The van der Waals surface area contributed by atoms with E-state index in [1.54, 1.807) is 12.1 Å². The van der Waals surface area contributed by atoms with Gasteiger partial charge in [-0.05, 0) is 43.6 Å². The number of hydrogen-bond donors (Lipinski definition) is 3. The van der Waals surface area contributed by atoms with Gasteiger partial charge in [0.05, 0.1) is 12.5 Å². The van der Waals surface area contributed by atoms with E-state index >= 15 is 0 Å².